The summed E-state index contributed by atoms with van der Waals surface area (Å²) >= 11 is 0. The van der Waals surface area contributed by atoms with Gasteiger partial charge in [-0.25, -0.2) is 0 Å². The molecule has 0 amide bonds. The van der Waals surface area contributed by atoms with Crippen LogP contribution in [0.15, 0.2) is 42.5 Å². The molecule has 0 aromatic heterocycles. The quantitative estimate of drug-likeness (QED) is 0.848. The maximum atomic E-state index is 12.0. The molecule has 0 unspecified atom stereocenters. The van der Waals surface area contributed by atoms with Gasteiger partial charge < -0.3 is 5.11 Å². The minimum absolute atomic E-state index is 0.152. The number of carbonyl (C=O) groups excluding carboxylic acids is 1. The van der Waals surface area contributed by atoms with Crippen molar-refractivity contribution in [1.29, 1.82) is 0 Å². The molecular weight excluding hydrogens is 212 g/mol. The second-order valence-corrected chi connectivity index (χ2v) is 4.71. The van der Waals surface area contributed by atoms with Gasteiger partial charge >= 0.3 is 0 Å². The van der Waals surface area contributed by atoms with Gasteiger partial charge in [0.15, 0.2) is 5.78 Å². The van der Waals surface area contributed by atoms with E-state index in [1.807, 2.05) is 36.4 Å². The molecule has 0 heterocycles. The van der Waals surface area contributed by atoms with E-state index < -0.39 is 5.60 Å². The minimum Gasteiger partial charge on any atom is -0.381 e. The molecule has 1 aromatic carbocycles. The summed E-state index contributed by atoms with van der Waals surface area (Å²) in [5.74, 6) is -0.152. The first kappa shape index (κ1) is 12.1. The molecule has 1 aliphatic rings. The first-order valence-corrected chi connectivity index (χ1v) is 6.18. The van der Waals surface area contributed by atoms with Crippen molar-refractivity contribution in [3.8, 4) is 0 Å². The number of hydrogen-bond acceptors (Lipinski definition) is 2. The van der Waals surface area contributed by atoms with E-state index in [0.29, 0.717) is 12.8 Å². The molecule has 0 saturated carbocycles. The second-order valence-electron chi connectivity index (χ2n) is 4.71. The Bertz CT molecular complexity index is 408. The third kappa shape index (κ3) is 3.04. The van der Waals surface area contributed by atoms with E-state index in [-0.39, 0.29) is 5.78 Å². The summed E-state index contributed by atoms with van der Waals surface area (Å²) in [6.45, 7) is 0. The maximum absolute atomic E-state index is 12.0. The van der Waals surface area contributed by atoms with Crippen LogP contribution >= 0.6 is 0 Å². The molecule has 0 aliphatic heterocycles. The van der Waals surface area contributed by atoms with Crippen molar-refractivity contribution in [3.63, 3.8) is 0 Å². The fourth-order valence-electron chi connectivity index (χ4n) is 2.26. The molecule has 2 nitrogen and oxygen atoms in total. The fraction of sp³-hybridized carbons (Fsp3) is 0.400. The molecule has 1 aromatic rings. The molecule has 1 atom stereocenters. The summed E-state index contributed by atoms with van der Waals surface area (Å²) in [5.41, 5.74) is -0.199. The van der Waals surface area contributed by atoms with Gasteiger partial charge in [-0.1, -0.05) is 36.4 Å². The molecule has 0 fully saturated rings. The molecular formula is C15H18O2. The summed E-state index contributed by atoms with van der Waals surface area (Å²) < 4.78 is 0. The van der Waals surface area contributed by atoms with Crippen LogP contribution in [0.25, 0.3) is 0 Å². The minimum atomic E-state index is -1.21. The zero-order valence-electron chi connectivity index (χ0n) is 9.93. The number of carbonyl (C=O) groups is 1. The van der Waals surface area contributed by atoms with E-state index in [1.54, 1.807) is 6.08 Å². The standard InChI is InChI=1S/C15H18O2/c16-14-10-6-1-2-7-11-15(14,17)12-13-8-4-3-5-9-13/h3-6,8-10,17H,1-2,7,11-12H2/t15-/m0/s1. The van der Waals surface area contributed by atoms with Gasteiger partial charge in [-0.05, 0) is 37.3 Å². The van der Waals surface area contributed by atoms with Crippen LogP contribution < -0.4 is 0 Å². The smallest absolute Gasteiger partial charge is 0.187 e. The Kier molecular flexibility index (Phi) is 3.75. The van der Waals surface area contributed by atoms with Crippen molar-refractivity contribution < 1.29 is 9.90 Å². The van der Waals surface area contributed by atoms with E-state index in [0.717, 1.165) is 24.8 Å². The van der Waals surface area contributed by atoms with Crippen LogP contribution in [0.1, 0.15) is 31.2 Å². The lowest BCUT2D eigenvalue weighted by atomic mass is 9.84. The zero-order chi connectivity index (χ0) is 12.1. The highest BCUT2D eigenvalue weighted by molar-refractivity contribution is 5.97. The number of aliphatic hydroxyl groups is 1. The van der Waals surface area contributed by atoms with Gasteiger partial charge in [0.2, 0.25) is 0 Å². The lowest BCUT2D eigenvalue weighted by Gasteiger charge is -2.26. The number of hydrogen-bond donors (Lipinski definition) is 1. The molecule has 2 rings (SSSR count). The summed E-state index contributed by atoms with van der Waals surface area (Å²) in [5, 5.41) is 10.5. The highest BCUT2D eigenvalue weighted by Crippen LogP contribution is 2.24. The van der Waals surface area contributed by atoms with Crippen LogP contribution in [0.2, 0.25) is 0 Å². The normalized spacial score (nSPS) is 25.4. The van der Waals surface area contributed by atoms with Crippen molar-refractivity contribution in [3.05, 3.63) is 48.0 Å². The van der Waals surface area contributed by atoms with Gasteiger partial charge in [0.1, 0.15) is 5.60 Å². The molecule has 0 bridgehead atoms. The van der Waals surface area contributed by atoms with Crippen molar-refractivity contribution >= 4 is 5.78 Å². The Hall–Kier alpha value is -1.41. The largest absolute Gasteiger partial charge is 0.381 e. The monoisotopic (exact) mass is 230 g/mol. The molecule has 1 N–H and O–H groups in total. The van der Waals surface area contributed by atoms with Crippen molar-refractivity contribution in [2.45, 2.75) is 37.7 Å². The fourth-order valence-corrected chi connectivity index (χ4v) is 2.26. The SMILES string of the molecule is O=C1C=CCCCC[C@]1(O)Cc1ccccc1. The Morgan fingerprint density at radius 3 is 2.71 bits per heavy atom. The van der Waals surface area contributed by atoms with Crippen LogP contribution in [0.5, 0.6) is 0 Å². The molecule has 0 spiro atoms. The molecule has 90 valence electrons. The van der Waals surface area contributed by atoms with Gasteiger partial charge in [-0.2, -0.15) is 0 Å². The number of allylic oxidation sites excluding steroid dienone is 1. The van der Waals surface area contributed by atoms with Crippen molar-refractivity contribution in [2.75, 3.05) is 0 Å². The zero-order valence-corrected chi connectivity index (χ0v) is 9.93. The second kappa shape index (κ2) is 5.28. The van der Waals surface area contributed by atoms with Crippen LogP contribution in [0.3, 0.4) is 0 Å². The summed E-state index contributed by atoms with van der Waals surface area (Å²) in [4.78, 5) is 12.0. The topological polar surface area (TPSA) is 37.3 Å². The predicted octanol–water partition coefficient (Wildman–Crippen LogP) is 2.66. The Morgan fingerprint density at radius 2 is 1.94 bits per heavy atom. The average molecular weight is 230 g/mol. The van der Waals surface area contributed by atoms with Crippen LogP contribution in [0.4, 0.5) is 0 Å². The highest BCUT2D eigenvalue weighted by Gasteiger charge is 2.34. The van der Waals surface area contributed by atoms with E-state index in [9.17, 15) is 9.90 Å². The predicted molar refractivity (Wildman–Crippen MR) is 67.7 cm³/mol. The average Bonchev–Trinajstić information content (AvgIpc) is 2.33. The third-order valence-corrected chi connectivity index (χ3v) is 3.28. The first-order valence-electron chi connectivity index (χ1n) is 6.18. The molecule has 0 saturated heterocycles. The number of rotatable bonds is 2. The molecule has 1 aliphatic carbocycles. The number of benzene rings is 1. The molecule has 0 radical (unpaired) electrons. The van der Waals surface area contributed by atoms with Gasteiger partial charge in [0.25, 0.3) is 0 Å². The van der Waals surface area contributed by atoms with Gasteiger partial charge in [-0.3, -0.25) is 4.79 Å². The van der Waals surface area contributed by atoms with Crippen LogP contribution in [-0.4, -0.2) is 16.5 Å². The highest BCUT2D eigenvalue weighted by atomic mass is 16.3. The molecule has 17 heavy (non-hydrogen) atoms. The summed E-state index contributed by atoms with van der Waals surface area (Å²) in [6.07, 6.45) is 7.27. The lowest BCUT2D eigenvalue weighted by molar-refractivity contribution is -0.133. The van der Waals surface area contributed by atoms with E-state index >= 15 is 0 Å². The van der Waals surface area contributed by atoms with E-state index in [1.165, 1.54) is 0 Å². The summed E-state index contributed by atoms with van der Waals surface area (Å²) in [7, 11) is 0. The number of ketones is 1. The maximum Gasteiger partial charge on any atom is 0.187 e. The van der Waals surface area contributed by atoms with Crippen LogP contribution in [-0.2, 0) is 11.2 Å². The lowest BCUT2D eigenvalue weighted by Crippen LogP contribution is -2.40. The first-order chi connectivity index (χ1) is 8.21. The van der Waals surface area contributed by atoms with Gasteiger partial charge in [0, 0.05) is 6.42 Å². The Labute approximate surface area is 102 Å². The Balaban J connectivity index is 2.18. The molecule has 2 heteroatoms. The third-order valence-electron chi connectivity index (χ3n) is 3.28. The summed E-state index contributed by atoms with van der Waals surface area (Å²) in [6, 6.07) is 9.71. The van der Waals surface area contributed by atoms with Crippen molar-refractivity contribution in [1.82, 2.24) is 0 Å². The van der Waals surface area contributed by atoms with Crippen molar-refractivity contribution in [2.24, 2.45) is 0 Å². The van der Waals surface area contributed by atoms with Crippen LogP contribution in [0, 0.1) is 0 Å². The van der Waals surface area contributed by atoms with E-state index in [2.05, 4.69) is 0 Å². The van der Waals surface area contributed by atoms with E-state index in [4.69, 9.17) is 0 Å². The Morgan fingerprint density at radius 1 is 1.18 bits per heavy atom. The van der Waals surface area contributed by atoms with Gasteiger partial charge in [-0.15, -0.1) is 0 Å². The van der Waals surface area contributed by atoms with Gasteiger partial charge in [0.05, 0.1) is 0 Å².